The maximum Gasteiger partial charge on any atom is 0.125 e. The van der Waals surface area contributed by atoms with Crippen LogP contribution in [0, 0.1) is 0 Å². The summed E-state index contributed by atoms with van der Waals surface area (Å²) in [6.07, 6.45) is 3.77. The molecule has 2 aromatic heterocycles. The van der Waals surface area contributed by atoms with Crippen molar-refractivity contribution in [1.29, 1.82) is 0 Å². The molecule has 0 fully saturated rings. The fourth-order valence-electron chi connectivity index (χ4n) is 2.37. The first-order chi connectivity index (χ1) is 11.2. The Hall–Kier alpha value is -2.31. The van der Waals surface area contributed by atoms with Crippen LogP contribution in [0.4, 0.5) is 5.82 Å². The molecule has 0 saturated heterocycles. The molecule has 0 aliphatic carbocycles. The van der Waals surface area contributed by atoms with Crippen LogP contribution in [0.2, 0.25) is 5.02 Å². The SMILES string of the molecule is Cn1cc(CNc2cc(-c3cccc(Cl)c3)nn2CCO)cn1. The molecule has 0 aliphatic rings. The van der Waals surface area contributed by atoms with Crippen LogP contribution in [0.3, 0.4) is 0 Å². The molecule has 0 radical (unpaired) electrons. The van der Waals surface area contributed by atoms with Gasteiger partial charge in [0, 0.05) is 42.0 Å². The zero-order valence-electron chi connectivity index (χ0n) is 12.8. The molecule has 0 unspecified atom stereocenters. The smallest absolute Gasteiger partial charge is 0.125 e. The maximum atomic E-state index is 9.23. The number of aliphatic hydroxyl groups is 1. The molecule has 0 aliphatic heterocycles. The van der Waals surface area contributed by atoms with E-state index in [1.54, 1.807) is 9.36 Å². The molecule has 0 atom stereocenters. The first-order valence-electron chi connectivity index (χ1n) is 7.32. The van der Waals surface area contributed by atoms with Crippen LogP contribution < -0.4 is 5.32 Å². The summed E-state index contributed by atoms with van der Waals surface area (Å²) < 4.78 is 3.52. The summed E-state index contributed by atoms with van der Waals surface area (Å²) in [5.74, 6) is 0.845. The van der Waals surface area contributed by atoms with E-state index >= 15 is 0 Å². The molecule has 23 heavy (non-hydrogen) atoms. The number of benzene rings is 1. The van der Waals surface area contributed by atoms with Gasteiger partial charge in [0.2, 0.25) is 0 Å². The first-order valence-corrected chi connectivity index (χ1v) is 7.69. The minimum atomic E-state index is 0.0260. The van der Waals surface area contributed by atoms with Crippen LogP contribution in [-0.2, 0) is 20.1 Å². The highest BCUT2D eigenvalue weighted by Crippen LogP contribution is 2.24. The van der Waals surface area contributed by atoms with E-state index in [4.69, 9.17) is 11.6 Å². The van der Waals surface area contributed by atoms with Gasteiger partial charge in [-0.15, -0.1) is 0 Å². The Labute approximate surface area is 139 Å². The Morgan fingerprint density at radius 3 is 2.87 bits per heavy atom. The van der Waals surface area contributed by atoms with Crippen molar-refractivity contribution in [2.75, 3.05) is 11.9 Å². The summed E-state index contributed by atoms with van der Waals surface area (Å²) in [7, 11) is 1.89. The Kier molecular flexibility index (Phi) is 4.64. The van der Waals surface area contributed by atoms with E-state index in [0.29, 0.717) is 18.1 Å². The quantitative estimate of drug-likeness (QED) is 0.728. The third-order valence-corrected chi connectivity index (χ3v) is 3.68. The third-order valence-electron chi connectivity index (χ3n) is 3.44. The van der Waals surface area contributed by atoms with E-state index < -0.39 is 0 Å². The van der Waals surface area contributed by atoms with Crippen molar-refractivity contribution in [2.45, 2.75) is 13.1 Å². The van der Waals surface area contributed by atoms with E-state index in [1.807, 2.05) is 49.8 Å². The predicted octanol–water partition coefficient (Wildman–Crippen LogP) is 2.54. The van der Waals surface area contributed by atoms with Crippen molar-refractivity contribution < 1.29 is 5.11 Å². The number of aromatic nitrogens is 4. The van der Waals surface area contributed by atoms with Gasteiger partial charge in [-0.2, -0.15) is 10.2 Å². The van der Waals surface area contributed by atoms with E-state index in [1.165, 1.54) is 0 Å². The van der Waals surface area contributed by atoms with Crippen molar-refractivity contribution >= 4 is 17.4 Å². The molecule has 6 nitrogen and oxygen atoms in total. The molecular formula is C16H18ClN5O. The average Bonchev–Trinajstić information content (AvgIpc) is 3.12. The number of nitrogens with one attached hydrogen (secondary N) is 1. The molecular weight excluding hydrogens is 314 g/mol. The van der Waals surface area contributed by atoms with Crippen molar-refractivity contribution in [3.8, 4) is 11.3 Å². The monoisotopic (exact) mass is 331 g/mol. The third kappa shape index (κ3) is 3.72. The van der Waals surface area contributed by atoms with Gasteiger partial charge in [-0.3, -0.25) is 4.68 Å². The number of rotatable bonds is 6. The van der Waals surface area contributed by atoms with Gasteiger partial charge in [0.25, 0.3) is 0 Å². The molecule has 2 heterocycles. The minimum absolute atomic E-state index is 0.0260. The van der Waals surface area contributed by atoms with Crippen LogP contribution in [0.5, 0.6) is 0 Å². The Morgan fingerprint density at radius 2 is 2.17 bits per heavy atom. The topological polar surface area (TPSA) is 67.9 Å². The molecule has 2 N–H and O–H groups in total. The first kappa shape index (κ1) is 15.6. The zero-order chi connectivity index (χ0) is 16.2. The van der Waals surface area contributed by atoms with Crippen molar-refractivity contribution in [3.05, 3.63) is 53.3 Å². The second kappa shape index (κ2) is 6.85. The lowest BCUT2D eigenvalue weighted by Gasteiger charge is -2.07. The summed E-state index contributed by atoms with van der Waals surface area (Å²) in [5, 5.41) is 21.9. The number of halogens is 1. The highest BCUT2D eigenvalue weighted by atomic mass is 35.5. The molecule has 0 spiro atoms. The maximum absolute atomic E-state index is 9.23. The van der Waals surface area contributed by atoms with Gasteiger partial charge in [0.1, 0.15) is 5.82 Å². The number of anilines is 1. The second-order valence-corrected chi connectivity index (χ2v) is 5.68. The lowest BCUT2D eigenvalue weighted by molar-refractivity contribution is 0.270. The van der Waals surface area contributed by atoms with Gasteiger partial charge in [-0.1, -0.05) is 23.7 Å². The number of aliphatic hydroxyl groups excluding tert-OH is 1. The molecule has 1 aromatic carbocycles. The van der Waals surface area contributed by atoms with Gasteiger partial charge in [0.05, 0.1) is 25.0 Å². The molecule has 0 amide bonds. The fraction of sp³-hybridized carbons (Fsp3) is 0.250. The Balaban J connectivity index is 1.83. The van der Waals surface area contributed by atoms with Crippen LogP contribution in [0.1, 0.15) is 5.56 Å². The number of hydrogen-bond donors (Lipinski definition) is 2. The number of nitrogens with zero attached hydrogens (tertiary/aromatic N) is 4. The zero-order valence-corrected chi connectivity index (χ0v) is 13.5. The van der Waals surface area contributed by atoms with Crippen LogP contribution in [0.15, 0.2) is 42.7 Å². The highest BCUT2D eigenvalue weighted by molar-refractivity contribution is 6.30. The van der Waals surface area contributed by atoms with Gasteiger partial charge in [-0.05, 0) is 12.1 Å². The Morgan fingerprint density at radius 1 is 1.30 bits per heavy atom. The second-order valence-electron chi connectivity index (χ2n) is 5.25. The van der Waals surface area contributed by atoms with E-state index in [2.05, 4.69) is 15.5 Å². The molecule has 3 aromatic rings. The summed E-state index contributed by atoms with van der Waals surface area (Å²) in [6.45, 7) is 1.09. The predicted molar refractivity (Wildman–Crippen MR) is 90.3 cm³/mol. The van der Waals surface area contributed by atoms with Crippen LogP contribution in [0.25, 0.3) is 11.3 Å². The standard InChI is InChI=1S/C16H18ClN5O/c1-21-11-12(10-19-21)9-18-16-8-15(20-22(16)5-6-23)13-3-2-4-14(17)7-13/h2-4,7-8,10-11,18,23H,5-6,9H2,1H3. The van der Waals surface area contributed by atoms with E-state index in [9.17, 15) is 5.11 Å². The molecule has 7 heteroatoms. The molecule has 120 valence electrons. The molecule has 0 saturated carbocycles. The lowest BCUT2D eigenvalue weighted by atomic mass is 10.1. The van der Waals surface area contributed by atoms with Gasteiger partial charge >= 0.3 is 0 Å². The Bertz CT molecular complexity index is 795. The summed E-state index contributed by atoms with van der Waals surface area (Å²) in [4.78, 5) is 0. The van der Waals surface area contributed by atoms with Gasteiger partial charge < -0.3 is 10.4 Å². The minimum Gasteiger partial charge on any atom is -0.394 e. The van der Waals surface area contributed by atoms with Crippen molar-refractivity contribution in [2.24, 2.45) is 7.05 Å². The molecule has 0 bridgehead atoms. The van der Waals surface area contributed by atoms with Crippen LogP contribution >= 0.6 is 11.6 Å². The molecule has 3 rings (SSSR count). The van der Waals surface area contributed by atoms with E-state index in [-0.39, 0.29) is 6.61 Å². The summed E-state index contributed by atoms with van der Waals surface area (Å²) >= 11 is 6.05. The lowest BCUT2D eigenvalue weighted by Crippen LogP contribution is -2.10. The van der Waals surface area contributed by atoms with Crippen molar-refractivity contribution in [1.82, 2.24) is 19.6 Å². The summed E-state index contributed by atoms with van der Waals surface area (Å²) in [6, 6.07) is 9.51. The normalized spacial score (nSPS) is 10.9. The van der Waals surface area contributed by atoms with E-state index in [0.717, 1.165) is 22.6 Å². The largest absolute Gasteiger partial charge is 0.394 e. The fourth-order valence-corrected chi connectivity index (χ4v) is 2.56. The number of hydrogen-bond acceptors (Lipinski definition) is 4. The van der Waals surface area contributed by atoms with Gasteiger partial charge in [0.15, 0.2) is 0 Å². The number of aryl methyl sites for hydroxylation is 1. The van der Waals surface area contributed by atoms with Crippen LogP contribution in [-0.4, -0.2) is 31.3 Å². The average molecular weight is 332 g/mol. The summed E-state index contributed by atoms with van der Waals surface area (Å²) in [5.41, 5.74) is 2.84. The van der Waals surface area contributed by atoms with Gasteiger partial charge in [-0.25, -0.2) is 4.68 Å². The van der Waals surface area contributed by atoms with Crippen molar-refractivity contribution in [3.63, 3.8) is 0 Å². The highest BCUT2D eigenvalue weighted by Gasteiger charge is 2.10.